The number of aromatic nitrogens is 7. The summed E-state index contributed by atoms with van der Waals surface area (Å²) < 4.78 is 3.61. The molecule has 1 aromatic carbocycles. The van der Waals surface area contributed by atoms with Gasteiger partial charge in [0.25, 0.3) is 0 Å². The lowest BCUT2D eigenvalue weighted by Crippen LogP contribution is -1.98. The molecule has 0 saturated heterocycles. The zero-order valence-corrected chi connectivity index (χ0v) is 13.5. The molecule has 5 aromatic rings. The molecule has 4 heterocycles. The number of hydrogen-bond acceptors (Lipinski definition) is 5. The SMILES string of the molecule is Clc1ccc(-n2ncc3c2ncn2c(-c4ccncc4)nnc32)cc1. The van der Waals surface area contributed by atoms with Gasteiger partial charge in [-0.15, -0.1) is 10.2 Å². The van der Waals surface area contributed by atoms with Crippen molar-refractivity contribution in [2.45, 2.75) is 0 Å². The van der Waals surface area contributed by atoms with E-state index >= 15 is 0 Å². The van der Waals surface area contributed by atoms with E-state index in [0.29, 0.717) is 22.1 Å². The smallest absolute Gasteiger partial charge is 0.175 e. The lowest BCUT2D eigenvalue weighted by Gasteiger charge is -2.03. The summed E-state index contributed by atoms with van der Waals surface area (Å²) in [5.74, 6) is 0.714. The van der Waals surface area contributed by atoms with Crippen LogP contribution in [-0.2, 0) is 0 Å². The van der Waals surface area contributed by atoms with E-state index in [1.807, 2.05) is 40.8 Å². The van der Waals surface area contributed by atoms with Gasteiger partial charge in [0.15, 0.2) is 17.1 Å². The molecule has 120 valence electrons. The van der Waals surface area contributed by atoms with Crippen molar-refractivity contribution in [2.24, 2.45) is 0 Å². The molecule has 0 N–H and O–H groups in total. The molecule has 0 aliphatic heterocycles. The summed E-state index contributed by atoms with van der Waals surface area (Å²) in [6, 6.07) is 11.2. The van der Waals surface area contributed by atoms with Gasteiger partial charge >= 0.3 is 0 Å². The molecular weight excluding hydrogens is 338 g/mol. The van der Waals surface area contributed by atoms with E-state index in [1.165, 1.54) is 0 Å². The molecule has 4 aromatic heterocycles. The Balaban J connectivity index is 1.73. The Kier molecular flexibility index (Phi) is 3.01. The van der Waals surface area contributed by atoms with Gasteiger partial charge in [-0.25, -0.2) is 9.67 Å². The number of benzene rings is 1. The minimum atomic E-state index is 0.676. The molecule has 0 aliphatic carbocycles. The van der Waals surface area contributed by atoms with E-state index in [1.54, 1.807) is 29.6 Å². The Morgan fingerprint density at radius 1 is 0.880 bits per heavy atom. The quantitative estimate of drug-likeness (QED) is 0.490. The van der Waals surface area contributed by atoms with Crippen LogP contribution in [0.2, 0.25) is 5.02 Å². The van der Waals surface area contributed by atoms with Crippen LogP contribution in [0.4, 0.5) is 0 Å². The van der Waals surface area contributed by atoms with Crippen molar-refractivity contribution in [1.29, 1.82) is 0 Å². The van der Waals surface area contributed by atoms with E-state index in [0.717, 1.165) is 16.6 Å². The van der Waals surface area contributed by atoms with E-state index in [2.05, 4.69) is 25.3 Å². The first kappa shape index (κ1) is 14.1. The molecule has 0 spiro atoms. The fourth-order valence-corrected chi connectivity index (χ4v) is 2.92. The summed E-state index contributed by atoms with van der Waals surface area (Å²) in [5, 5.41) is 14.6. The van der Waals surface area contributed by atoms with Crippen LogP contribution in [0.25, 0.3) is 33.8 Å². The molecule has 8 heteroatoms. The zero-order valence-electron chi connectivity index (χ0n) is 12.8. The van der Waals surface area contributed by atoms with E-state index in [9.17, 15) is 0 Å². The minimum absolute atomic E-state index is 0.676. The maximum atomic E-state index is 5.96. The summed E-state index contributed by atoms with van der Waals surface area (Å²) >= 11 is 5.96. The topological polar surface area (TPSA) is 73.8 Å². The molecule has 25 heavy (non-hydrogen) atoms. The Morgan fingerprint density at radius 3 is 2.48 bits per heavy atom. The average molecular weight is 348 g/mol. The van der Waals surface area contributed by atoms with Crippen LogP contribution in [0.3, 0.4) is 0 Å². The van der Waals surface area contributed by atoms with Crippen molar-refractivity contribution in [3.8, 4) is 17.1 Å². The fraction of sp³-hybridized carbons (Fsp3) is 0. The van der Waals surface area contributed by atoms with Gasteiger partial charge in [-0.1, -0.05) is 11.6 Å². The second kappa shape index (κ2) is 5.35. The van der Waals surface area contributed by atoms with Gasteiger partial charge in [-0.2, -0.15) is 5.10 Å². The van der Waals surface area contributed by atoms with Crippen LogP contribution in [0.1, 0.15) is 0 Å². The number of hydrogen-bond donors (Lipinski definition) is 0. The second-order valence-corrected chi connectivity index (χ2v) is 5.90. The molecular formula is C17H10ClN7. The summed E-state index contributed by atoms with van der Waals surface area (Å²) in [6.45, 7) is 0. The molecule has 0 saturated carbocycles. The molecule has 0 radical (unpaired) electrons. The van der Waals surface area contributed by atoms with Crippen molar-refractivity contribution >= 4 is 28.3 Å². The van der Waals surface area contributed by atoms with Crippen LogP contribution >= 0.6 is 11.6 Å². The van der Waals surface area contributed by atoms with Crippen LogP contribution in [-0.4, -0.2) is 34.3 Å². The van der Waals surface area contributed by atoms with Crippen LogP contribution in [0, 0.1) is 0 Å². The van der Waals surface area contributed by atoms with Crippen molar-refractivity contribution in [3.63, 3.8) is 0 Å². The summed E-state index contributed by atoms with van der Waals surface area (Å²) in [6.07, 6.45) is 6.90. The third kappa shape index (κ3) is 2.17. The summed E-state index contributed by atoms with van der Waals surface area (Å²) in [4.78, 5) is 8.59. The van der Waals surface area contributed by atoms with Gasteiger partial charge in [0.1, 0.15) is 6.33 Å². The predicted octanol–water partition coefficient (Wildman–Crippen LogP) is 3.18. The van der Waals surface area contributed by atoms with Crippen molar-refractivity contribution in [2.75, 3.05) is 0 Å². The second-order valence-electron chi connectivity index (χ2n) is 5.47. The van der Waals surface area contributed by atoms with Crippen LogP contribution in [0.5, 0.6) is 0 Å². The Morgan fingerprint density at radius 2 is 1.68 bits per heavy atom. The maximum Gasteiger partial charge on any atom is 0.175 e. The first-order valence-electron chi connectivity index (χ1n) is 7.55. The molecule has 0 amide bonds. The third-order valence-corrected chi connectivity index (χ3v) is 4.24. The summed E-state index contributed by atoms with van der Waals surface area (Å²) in [5.41, 5.74) is 3.22. The summed E-state index contributed by atoms with van der Waals surface area (Å²) in [7, 11) is 0. The van der Waals surface area contributed by atoms with Gasteiger partial charge in [-0.05, 0) is 36.4 Å². The van der Waals surface area contributed by atoms with Gasteiger partial charge in [0.05, 0.1) is 17.3 Å². The molecule has 0 unspecified atom stereocenters. The lowest BCUT2D eigenvalue weighted by molar-refractivity contribution is 0.893. The standard InChI is InChI=1S/C17H10ClN7/c18-12-1-3-13(4-2-12)25-16-14(9-21-25)17-23-22-15(24(17)10-20-16)11-5-7-19-8-6-11/h1-10H. The Bertz CT molecular complexity index is 1190. The van der Waals surface area contributed by atoms with E-state index < -0.39 is 0 Å². The van der Waals surface area contributed by atoms with E-state index in [4.69, 9.17) is 11.6 Å². The highest BCUT2D eigenvalue weighted by Crippen LogP contribution is 2.24. The van der Waals surface area contributed by atoms with Crippen molar-refractivity contribution in [1.82, 2.24) is 34.3 Å². The van der Waals surface area contributed by atoms with Gasteiger partial charge in [0, 0.05) is 23.0 Å². The molecule has 7 nitrogen and oxygen atoms in total. The zero-order chi connectivity index (χ0) is 16.8. The van der Waals surface area contributed by atoms with Crippen LogP contribution in [0.15, 0.2) is 61.3 Å². The highest BCUT2D eigenvalue weighted by molar-refractivity contribution is 6.30. The maximum absolute atomic E-state index is 5.96. The lowest BCUT2D eigenvalue weighted by atomic mass is 10.2. The molecule has 0 atom stereocenters. The number of rotatable bonds is 2. The molecule has 0 fully saturated rings. The fourth-order valence-electron chi connectivity index (χ4n) is 2.79. The van der Waals surface area contributed by atoms with Crippen LogP contribution < -0.4 is 0 Å². The predicted molar refractivity (Wildman–Crippen MR) is 93.7 cm³/mol. The number of pyridine rings is 1. The average Bonchev–Trinajstić information content (AvgIpc) is 3.27. The molecule has 5 rings (SSSR count). The number of nitrogens with zero attached hydrogens (tertiary/aromatic N) is 7. The Hall–Kier alpha value is -3.32. The minimum Gasteiger partial charge on any atom is -0.265 e. The van der Waals surface area contributed by atoms with Gasteiger partial charge in [-0.3, -0.25) is 9.38 Å². The largest absolute Gasteiger partial charge is 0.265 e. The number of halogens is 1. The highest BCUT2D eigenvalue weighted by Gasteiger charge is 2.15. The Labute approximate surface area is 146 Å². The first-order chi connectivity index (χ1) is 12.3. The highest BCUT2D eigenvalue weighted by atomic mass is 35.5. The van der Waals surface area contributed by atoms with Crippen molar-refractivity contribution < 1.29 is 0 Å². The van der Waals surface area contributed by atoms with Gasteiger partial charge in [0.2, 0.25) is 0 Å². The van der Waals surface area contributed by atoms with Gasteiger partial charge < -0.3 is 0 Å². The normalized spacial score (nSPS) is 11.4. The third-order valence-electron chi connectivity index (χ3n) is 3.99. The van der Waals surface area contributed by atoms with Crippen molar-refractivity contribution in [3.05, 3.63) is 66.3 Å². The van der Waals surface area contributed by atoms with E-state index in [-0.39, 0.29) is 0 Å². The molecule has 0 aliphatic rings. The monoisotopic (exact) mass is 347 g/mol. The molecule has 0 bridgehead atoms. The number of fused-ring (bicyclic) bond motifs is 3. The first-order valence-corrected chi connectivity index (χ1v) is 7.93.